The molecule has 1 nitrogen and oxygen atoms in total. The lowest BCUT2D eigenvalue weighted by Crippen LogP contribution is -2.05. The van der Waals surface area contributed by atoms with Crippen LogP contribution in [-0.4, -0.2) is 5.78 Å². The number of rotatable bonds is 4. The van der Waals surface area contributed by atoms with Crippen molar-refractivity contribution in [3.63, 3.8) is 0 Å². The van der Waals surface area contributed by atoms with Crippen LogP contribution in [0, 0.1) is 11.6 Å². The molecule has 5 heteroatoms. The average Bonchev–Trinajstić information content (AvgIpc) is 2.84. The highest BCUT2D eigenvalue weighted by Gasteiger charge is 2.15. The number of aryl methyl sites for hydroxylation is 1. The van der Waals surface area contributed by atoms with E-state index in [1.165, 1.54) is 11.3 Å². The molecule has 0 atom stereocenters. The van der Waals surface area contributed by atoms with Crippen molar-refractivity contribution in [1.29, 1.82) is 0 Å². The van der Waals surface area contributed by atoms with Gasteiger partial charge in [0.1, 0.15) is 11.6 Å². The first-order valence-electron chi connectivity index (χ1n) is 5.26. The molecule has 94 valence electrons. The first-order chi connectivity index (χ1) is 8.58. The second kappa shape index (κ2) is 5.59. The van der Waals surface area contributed by atoms with Gasteiger partial charge in [-0.2, -0.15) is 11.3 Å². The summed E-state index contributed by atoms with van der Waals surface area (Å²) in [5.41, 5.74) is 0.773. The van der Waals surface area contributed by atoms with E-state index in [0.717, 1.165) is 17.7 Å². The van der Waals surface area contributed by atoms with Crippen molar-refractivity contribution in [2.45, 2.75) is 12.8 Å². The summed E-state index contributed by atoms with van der Waals surface area (Å²) in [4.78, 5) is 11.8. The topological polar surface area (TPSA) is 17.1 Å². The molecule has 0 aliphatic rings. The third kappa shape index (κ3) is 2.94. The van der Waals surface area contributed by atoms with Gasteiger partial charge in [-0.15, -0.1) is 0 Å². The molecule has 0 saturated heterocycles. The fourth-order valence-electron chi connectivity index (χ4n) is 1.56. The van der Waals surface area contributed by atoms with Gasteiger partial charge < -0.3 is 0 Å². The van der Waals surface area contributed by atoms with Gasteiger partial charge in [-0.05, 0) is 40.9 Å². The number of ketones is 1. The third-order valence-electron chi connectivity index (χ3n) is 2.53. The summed E-state index contributed by atoms with van der Waals surface area (Å²) < 4.78 is 26.7. The zero-order chi connectivity index (χ0) is 13.1. The molecule has 0 aliphatic carbocycles. The highest BCUT2D eigenvalue weighted by molar-refractivity contribution is 7.07. The van der Waals surface area contributed by atoms with Crippen LogP contribution < -0.4 is 0 Å². The number of hydrogen-bond donors (Lipinski definition) is 0. The van der Waals surface area contributed by atoms with Gasteiger partial charge >= 0.3 is 0 Å². The highest BCUT2D eigenvalue weighted by atomic mass is 35.5. The van der Waals surface area contributed by atoms with Crippen molar-refractivity contribution >= 4 is 28.7 Å². The van der Waals surface area contributed by atoms with Crippen molar-refractivity contribution in [1.82, 2.24) is 0 Å². The first-order valence-corrected chi connectivity index (χ1v) is 6.59. The molecule has 18 heavy (non-hydrogen) atoms. The van der Waals surface area contributed by atoms with Crippen LogP contribution >= 0.6 is 22.9 Å². The fraction of sp³-hybridized carbons (Fsp3) is 0.154. The summed E-state index contributed by atoms with van der Waals surface area (Å²) in [5.74, 6) is -1.98. The van der Waals surface area contributed by atoms with Gasteiger partial charge in [0, 0.05) is 6.42 Å². The number of hydrogen-bond acceptors (Lipinski definition) is 2. The normalized spacial score (nSPS) is 10.6. The van der Waals surface area contributed by atoms with Gasteiger partial charge in [0.05, 0.1) is 10.6 Å². The Balaban J connectivity index is 2.11. The molecule has 0 saturated carbocycles. The minimum Gasteiger partial charge on any atom is -0.294 e. The van der Waals surface area contributed by atoms with Crippen molar-refractivity contribution in [3.05, 3.63) is 56.7 Å². The lowest BCUT2D eigenvalue weighted by Gasteiger charge is -2.03. The number of benzene rings is 1. The predicted octanol–water partition coefficient (Wildman–Crippen LogP) is 4.50. The van der Waals surface area contributed by atoms with Crippen LogP contribution in [-0.2, 0) is 6.42 Å². The van der Waals surface area contributed by atoms with E-state index in [2.05, 4.69) is 0 Å². The molecule has 1 aromatic heterocycles. The minimum atomic E-state index is -0.781. The largest absolute Gasteiger partial charge is 0.294 e. The molecule has 0 fully saturated rings. The van der Waals surface area contributed by atoms with Crippen LogP contribution in [0.25, 0.3) is 0 Å². The molecule has 0 amide bonds. The average molecular weight is 287 g/mol. The molecule has 1 heterocycles. The van der Waals surface area contributed by atoms with Crippen LogP contribution in [0.2, 0.25) is 5.02 Å². The summed E-state index contributed by atoms with van der Waals surface area (Å²) in [6.07, 6.45) is 0.667. The maximum atomic E-state index is 13.5. The maximum Gasteiger partial charge on any atom is 0.166 e. The van der Waals surface area contributed by atoms with E-state index in [4.69, 9.17) is 11.6 Å². The van der Waals surface area contributed by atoms with Gasteiger partial charge in [-0.1, -0.05) is 11.6 Å². The quantitative estimate of drug-likeness (QED) is 0.597. The van der Waals surface area contributed by atoms with E-state index in [0.29, 0.717) is 6.42 Å². The molecule has 0 spiro atoms. The monoisotopic (exact) mass is 286 g/mol. The van der Waals surface area contributed by atoms with Crippen molar-refractivity contribution in [2.75, 3.05) is 0 Å². The van der Waals surface area contributed by atoms with Gasteiger partial charge in [-0.25, -0.2) is 8.78 Å². The summed E-state index contributed by atoms with van der Waals surface area (Å²) in [5, 5.41) is 3.51. The number of halogens is 3. The molecular formula is C13H9ClF2OS. The van der Waals surface area contributed by atoms with Gasteiger partial charge in [0.25, 0.3) is 0 Å². The summed E-state index contributed by atoms with van der Waals surface area (Å²) >= 11 is 6.96. The van der Waals surface area contributed by atoms with Gasteiger partial charge in [0.2, 0.25) is 0 Å². The molecule has 0 aliphatic heterocycles. The Morgan fingerprint density at radius 2 is 2.06 bits per heavy atom. The lowest BCUT2D eigenvalue weighted by molar-refractivity contribution is 0.0978. The van der Waals surface area contributed by atoms with E-state index in [9.17, 15) is 13.6 Å². The zero-order valence-electron chi connectivity index (χ0n) is 9.25. The molecule has 2 aromatic rings. The predicted molar refractivity (Wildman–Crippen MR) is 68.3 cm³/mol. The van der Waals surface area contributed by atoms with E-state index in [1.54, 1.807) is 0 Å². The van der Waals surface area contributed by atoms with Crippen LogP contribution in [0.3, 0.4) is 0 Å². The Hall–Kier alpha value is -1.26. The maximum absolute atomic E-state index is 13.5. The SMILES string of the molecule is O=C(CCc1ccsc1)c1cc(F)c(Cl)cc1F. The summed E-state index contributed by atoms with van der Waals surface area (Å²) in [6, 6.07) is 3.58. The van der Waals surface area contributed by atoms with E-state index in [-0.39, 0.29) is 17.0 Å². The molecule has 0 radical (unpaired) electrons. The summed E-state index contributed by atoms with van der Waals surface area (Å²) in [6.45, 7) is 0. The van der Waals surface area contributed by atoms with E-state index >= 15 is 0 Å². The molecule has 0 N–H and O–H groups in total. The lowest BCUT2D eigenvalue weighted by atomic mass is 10.0. The molecular weight excluding hydrogens is 278 g/mol. The smallest absolute Gasteiger partial charge is 0.166 e. The second-order valence-corrected chi connectivity index (χ2v) is 4.99. The van der Waals surface area contributed by atoms with E-state index < -0.39 is 17.4 Å². The fourth-order valence-corrected chi connectivity index (χ4v) is 2.42. The number of Topliss-reactive ketones (excluding diaryl/α,β-unsaturated/α-hetero) is 1. The standard InChI is InChI=1S/C13H9ClF2OS/c14-10-6-11(15)9(5-12(10)16)13(17)2-1-8-3-4-18-7-8/h3-7H,1-2H2. The Bertz CT molecular complexity index is 567. The second-order valence-electron chi connectivity index (χ2n) is 3.80. The highest BCUT2D eigenvalue weighted by Crippen LogP contribution is 2.21. The van der Waals surface area contributed by atoms with Crippen LogP contribution in [0.5, 0.6) is 0 Å². The first kappa shape index (κ1) is 13.2. The Morgan fingerprint density at radius 3 is 2.72 bits per heavy atom. The van der Waals surface area contributed by atoms with Crippen LogP contribution in [0.1, 0.15) is 22.3 Å². The zero-order valence-corrected chi connectivity index (χ0v) is 10.8. The minimum absolute atomic E-state index is 0.148. The van der Waals surface area contributed by atoms with Crippen LogP contribution in [0.15, 0.2) is 29.0 Å². The third-order valence-corrected chi connectivity index (χ3v) is 3.55. The van der Waals surface area contributed by atoms with Gasteiger partial charge in [-0.3, -0.25) is 4.79 Å². The molecule has 1 aromatic carbocycles. The molecule has 2 rings (SSSR count). The van der Waals surface area contributed by atoms with Crippen molar-refractivity contribution in [2.24, 2.45) is 0 Å². The van der Waals surface area contributed by atoms with Crippen molar-refractivity contribution < 1.29 is 13.6 Å². The number of thiophene rings is 1. The van der Waals surface area contributed by atoms with E-state index in [1.807, 2.05) is 16.8 Å². The number of carbonyl (C=O) groups excluding carboxylic acids is 1. The van der Waals surface area contributed by atoms with Crippen LogP contribution in [0.4, 0.5) is 8.78 Å². The Morgan fingerprint density at radius 1 is 1.28 bits per heavy atom. The molecule has 0 unspecified atom stereocenters. The molecule has 0 bridgehead atoms. The Kier molecular flexibility index (Phi) is 4.09. The Labute approximate surface area is 112 Å². The summed E-state index contributed by atoms with van der Waals surface area (Å²) in [7, 11) is 0. The van der Waals surface area contributed by atoms with Crippen molar-refractivity contribution in [3.8, 4) is 0 Å². The van der Waals surface area contributed by atoms with Gasteiger partial charge in [0.15, 0.2) is 5.78 Å². The number of carbonyl (C=O) groups is 1.